The molecule has 0 aromatic heterocycles. The quantitative estimate of drug-likeness (QED) is 0.420. The van der Waals surface area contributed by atoms with Gasteiger partial charge in [-0.1, -0.05) is 37.6 Å². The van der Waals surface area contributed by atoms with Gasteiger partial charge in [0.1, 0.15) is 6.04 Å². The van der Waals surface area contributed by atoms with E-state index in [4.69, 9.17) is 11.6 Å². The highest BCUT2D eigenvalue weighted by atomic mass is 35.5. The number of carbonyl (C=O) groups is 2. The van der Waals surface area contributed by atoms with Crippen LogP contribution in [0.2, 0.25) is 5.02 Å². The molecular weight excluding hydrogens is 384 g/mol. The molecule has 2 aromatic carbocycles. The van der Waals surface area contributed by atoms with Crippen LogP contribution < -0.4 is 10.7 Å². The number of nitro benzene ring substituents is 1. The summed E-state index contributed by atoms with van der Waals surface area (Å²) in [5.41, 5.74) is 3.11. The fourth-order valence-corrected chi connectivity index (χ4v) is 2.45. The highest BCUT2D eigenvalue weighted by Crippen LogP contribution is 2.12. The minimum Gasteiger partial charge on any atom is -0.340 e. The first-order valence-corrected chi connectivity index (χ1v) is 8.79. The Bertz CT molecular complexity index is 897. The maximum atomic E-state index is 12.4. The zero-order chi connectivity index (χ0) is 20.7. The van der Waals surface area contributed by atoms with Gasteiger partial charge < -0.3 is 5.32 Å². The van der Waals surface area contributed by atoms with Gasteiger partial charge in [0, 0.05) is 28.3 Å². The molecular formula is C19H19ClN4O4. The van der Waals surface area contributed by atoms with E-state index in [1.165, 1.54) is 24.4 Å². The lowest BCUT2D eigenvalue weighted by Crippen LogP contribution is -2.48. The van der Waals surface area contributed by atoms with Gasteiger partial charge in [-0.3, -0.25) is 19.7 Å². The van der Waals surface area contributed by atoms with Crippen molar-refractivity contribution in [3.05, 3.63) is 74.8 Å². The Morgan fingerprint density at radius 1 is 1.18 bits per heavy atom. The Labute approximate surface area is 166 Å². The van der Waals surface area contributed by atoms with E-state index < -0.39 is 22.8 Å². The first-order chi connectivity index (χ1) is 13.3. The highest BCUT2D eigenvalue weighted by molar-refractivity contribution is 6.30. The van der Waals surface area contributed by atoms with Crippen LogP contribution >= 0.6 is 11.6 Å². The number of hydrazone groups is 1. The van der Waals surface area contributed by atoms with Crippen LogP contribution in [0.3, 0.4) is 0 Å². The van der Waals surface area contributed by atoms with Crippen molar-refractivity contribution in [2.75, 3.05) is 0 Å². The summed E-state index contributed by atoms with van der Waals surface area (Å²) in [4.78, 5) is 35.0. The predicted molar refractivity (Wildman–Crippen MR) is 106 cm³/mol. The molecule has 0 aliphatic heterocycles. The molecule has 0 fully saturated rings. The number of non-ortho nitro benzene ring substituents is 1. The number of nitrogens with one attached hydrogen (secondary N) is 2. The molecule has 8 nitrogen and oxygen atoms in total. The fraction of sp³-hybridized carbons (Fsp3) is 0.211. The van der Waals surface area contributed by atoms with E-state index in [9.17, 15) is 19.7 Å². The van der Waals surface area contributed by atoms with Gasteiger partial charge in [-0.2, -0.15) is 5.10 Å². The third-order valence-corrected chi connectivity index (χ3v) is 4.06. The van der Waals surface area contributed by atoms with Gasteiger partial charge >= 0.3 is 0 Å². The fourth-order valence-electron chi connectivity index (χ4n) is 2.32. The first kappa shape index (κ1) is 21.0. The van der Waals surface area contributed by atoms with Crippen LogP contribution in [0.25, 0.3) is 0 Å². The van der Waals surface area contributed by atoms with Crippen molar-refractivity contribution in [2.24, 2.45) is 11.0 Å². The second kappa shape index (κ2) is 9.61. The third-order valence-electron chi connectivity index (χ3n) is 3.81. The van der Waals surface area contributed by atoms with Crippen LogP contribution in [0.1, 0.15) is 29.8 Å². The molecule has 146 valence electrons. The molecule has 0 heterocycles. The van der Waals surface area contributed by atoms with Crippen molar-refractivity contribution >= 4 is 35.3 Å². The lowest BCUT2D eigenvalue weighted by Gasteiger charge is -2.20. The molecule has 2 amide bonds. The normalized spacial score (nSPS) is 12.0. The lowest BCUT2D eigenvalue weighted by atomic mass is 10.0. The molecule has 9 heteroatoms. The maximum Gasteiger partial charge on any atom is 0.270 e. The minimum absolute atomic E-state index is 0.0782. The van der Waals surface area contributed by atoms with Crippen molar-refractivity contribution < 1.29 is 14.5 Å². The molecule has 0 aliphatic rings. The van der Waals surface area contributed by atoms with Crippen molar-refractivity contribution in [1.29, 1.82) is 0 Å². The van der Waals surface area contributed by atoms with Crippen molar-refractivity contribution in [3.63, 3.8) is 0 Å². The van der Waals surface area contributed by atoms with Crippen LogP contribution in [0, 0.1) is 16.0 Å². The van der Waals surface area contributed by atoms with Gasteiger partial charge in [0.25, 0.3) is 17.5 Å². The number of nitrogens with zero attached hydrogens (tertiary/aromatic N) is 2. The Hall–Kier alpha value is -3.26. The molecule has 28 heavy (non-hydrogen) atoms. The number of halogens is 1. The number of rotatable bonds is 7. The standard InChI is InChI=1S/C19H19ClN4O4/c1-12(2)17(22-18(25)14-6-8-15(20)9-7-14)19(26)23-21-11-13-4-3-5-16(10-13)24(27)28/h3-12,17H,1-2H3,(H,22,25)(H,23,26). The van der Waals surface area contributed by atoms with Gasteiger partial charge in [0.2, 0.25) is 0 Å². The Balaban J connectivity index is 2.02. The summed E-state index contributed by atoms with van der Waals surface area (Å²) >= 11 is 5.81. The average molecular weight is 403 g/mol. The van der Waals surface area contributed by atoms with Crippen molar-refractivity contribution in [2.45, 2.75) is 19.9 Å². The molecule has 0 aliphatic carbocycles. The van der Waals surface area contributed by atoms with Crippen LogP contribution in [0.4, 0.5) is 5.69 Å². The van der Waals surface area contributed by atoms with E-state index in [-0.39, 0.29) is 11.6 Å². The molecule has 1 atom stereocenters. The van der Waals surface area contributed by atoms with Crippen LogP contribution in [-0.2, 0) is 4.79 Å². The molecule has 0 radical (unpaired) electrons. The SMILES string of the molecule is CC(C)C(NC(=O)c1ccc(Cl)cc1)C(=O)NN=Cc1cccc([N+](=O)[O-])c1. The second-order valence-electron chi connectivity index (χ2n) is 6.29. The summed E-state index contributed by atoms with van der Waals surface area (Å²) in [7, 11) is 0. The van der Waals surface area contributed by atoms with Gasteiger partial charge in [-0.05, 0) is 30.2 Å². The summed E-state index contributed by atoms with van der Waals surface area (Å²) in [5.74, 6) is -1.10. The zero-order valence-corrected chi connectivity index (χ0v) is 16.0. The van der Waals surface area contributed by atoms with E-state index in [0.717, 1.165) is 0 Å². The smallest absolute Gasteiger partial charge is 0.270 e. The average Bonchev–Trinajstić information content (AvgIpc) is 2.66. The molecule has 2 aromatic rings. The molecule has 1 unspecified atom stereocenters. The van der Waals surface area contributed by atoms with Gasteiger partial charge in [-0.15, -0.1) is 0 Å². The molecule has 2 rings (SSSR count). The monoisotopic (exact) mass is 402 g/mol. The molecule has 0 spiro atoms. The largest absolute Gasteiger partial charge is 0.340 e. The van der Waals surface area contributed by atoms with Gasteiger partial charge in [0.05, 0.1) is 11.1 Å². The van der Waals surface area contributed by atoms with Crippen LogP contribution in [-0.4, -0.2) is 29.0 Å². The minimum atomic E-state index is -0.814. The second-order valence-corrected chi connectivity index (χ2v) is 6.72. The first-order valence-electron chi connectivity index (χ1n) is 8.41. The Morgan fingerprint density at radius 3 is 2.46 bits per heavy atom. The van der Waals surface area contributed by atoms with Crippen molar-refractivity contribution in [1.82, 2.24) is 10.7 Å². The summed E-state index contributed by atoms with van der Waals surface area (Å²) in [5, 5.41) is 17.8. The predicted octanol–water partition coefficient (Wildman–Crippen LogP) is 3.15. The number of carbonyl (C=O) groups excluding carboxylic acids is 2. The van der Waals surface area contributed by atoms with Crippen LogP contribution in [0.5, 0.6) is 0 Å². The Morgan fingerprint density at radius 2 is 1.86 bits per heavy atom. The maximum absolute atomic E-state index is 12.4. The summed E-state index contributed by atoms with van der Waals surface area (Å²) < 4.78 is 0. The number of benzene rings is 2. The van der Waals surface area contributed by atoms with Crippen molar-refractivity contribution in [3.8, 4) is 0 Å². The summed E-state index contributed by atoms with van der Waals surface area (Å²) in [6, 6.07) is 11.3. The highest BCUT2D eigenvalue weighted by Gasteiger charge is 2.24. The summed E-state index contributed by atoms with van der Waals surface area (Å²) in [6.45, 7) is 3.58. The van der Waals surface area contributed by atoms with Gasteiger partial charge in [-0.25, -0.2) is 5.43 Å². The number of nitro groups is 1. The van der Waals surface area contributed by atoms with E-state index in [1.54, 1.807) is 44.2 Å². The van der Waals surface area contributed by atoms with Crippen LogP contribution in [0.15, 0.2) is 53.6 Å². The van der Waals surface area contributed by atoms with E-state index in [0.29, 0.717) is 16.1 Å². The number of hydrogen-bond donors (Lipinski definition) is 2. The zero-order valence-electron chi connectivity index (χ0n) is 15.3. The number of amides is 2. The van der Waals surface area contributed by atoms with E-state index >= 15 is 0 Å². The molecule has 0 bridgehead atoms. The van der Waals surface area contributed by atoms with E-state index in [2.05, 4.69) is 15.8 Å². The van der Waals surface area contributed by atoms with Gasteiger partial charge in [0.15, 0.2) is 0 Å². The lowest BCUT2D eigenvalue weighted by molar-refractivity contribution is -0.384. The topological polar surface area (TPSA) is 114 Å². The number of hydrogen-bond acceptors (Lipinski definition) is 5. The summed E-state index contributed by atoms with van der Waals surface area (Å²) in [6.07, 6.45) is 1.29. The Kier molecular flexibility index (Phi) is 7.22. The third kappa shape index (κ3) is 5.88. The molecule has 2 N–H and O–H groups in total. The van der Waals surface area contributed by atoms with E-state index in [1.807, 2.05) is 0 Å². The molecule has 0 saturated carbocycles. The molecule has 0 saturated heterocycles.